The molecule has 194 valence electrons. The van der Waals surface area contributed by atoms with Crippen molar-refractivity contribution < 1.29 is 28.6 Å². The standard InChI is InChI=1S/C28H35FN2O5/c1-2-3-17-36-26(34)24(21-7-5-4-6-8-21)14-16-31-28(18-25(32)33)15-13-22(19-30-27(28)35)20-9-11-23(29)12-10-20/h4-12,22,24,31H,2-3,13-19H2,1H3,(H,30,35)(H,32,33)/t22?,24-,28?/m0/s1. The number of unbranched alkanes of at least 4 members (excludes halogenated alkanes) is 1. The van der Waals surface area contributed by atoms with Crippen LogP contribution in [0.2, 0.25) is 0 Å². The highest BCUT2D eigenvalue weighted by Gasteiger charge is 2.42. The van der Waals surface area contributed by atoms with E-state index in [1.165, 1.54) is 12.1 Å². The number of carboxylic acid groups (broad SMARTS) is 1. The molecule has 1 fully saturated rings. The van der Waals surface area contributed by atoms with E-state index >= 15 is 0 Å². The second kappa shape index (κ2) is 13.2. The van der Waals surface area contributed by atoms with Crippen LogP contribution in [0.1, 0.15) is 68.4 Å². The van der Waals surface area contributed by atoms with E-state index in [4.69, 9.17) is 4.74 Å². The molecule has 0 spiro atoms. The van der Waals surface area contributed by atoms with Crippen LogP contribution in [0, 0.1) is 5.82 Å². The second-order valence-corrected chi connectivity index (χ2v) is 9.35. The Balaban J connectivity index is 1.73. The monoisotopic (exact) mass is 498 g/mol. The summed E-state index contributed by atoms with van der Waals surface area (Å²) in [4.78, 5) is 37.8. The molecule has 8 heteroatoms. The Morgan fingerprint density at radius 2 is 1.92 bits per heavy atom. The molecule has 1 aliphatic rings. The lowest BCUT2D eigenvalue weighted by atomic mass is 9.85. The summed E-state index contributed by atoms with van der Waals surface area (Å²) in [5.74, 6) is -2.71. The molecular weight excluding hydrogens is 463 g/mol. The molecule has 7 nitrogen and oxygen atoms in total. The van der Waals surface area contributed by atoms with E-state index in [1.807, 2.05) is 37.3 Å². The Labute approximate surface area is 211 Å². The fourth-order valence-electron chi connectivity index (χ4n) is 4.68. The highest BCUT2D eigenvalue weighted by atomic mass is 19.1. The van der Waals surface area contributed by atoms with Crippen LogP contribution in [-0.4, -0.2) is 48.2 Å². The first-order valence-corrected chi connectivity index (χ1v) is 12.6. The largest absolute Gasteiger partial charge is 0.481 e. The van der Waals surface area contributed by atoms with Gasteiger partial charge in [0.15, 0.2) is 0 Å². The zero-order valence-corrected chi connectivity index (χ0v) is 20.7. The van der Waals surface area contributed by atoms with Gasteiger partial charge in [0.2, 0.25) is 5.91 Å². The summed E-state index contributed by atoms with van der Waals surface area (Å²) in [6, 6.07) is 15.5. The number of ether oxygens (including phenoxy) is 1. The van der Waals surface area contributed by atoms with Crippen molar-refractivity contribution in [1.82, 2.24) is 10.6 Å². The van der Waals surface area contributed by atoms with E-state index in [0.29, 0.717) is 32.4 Å². The van der Waals surface area contributed by atoms with Crippen LogP contribution in [0.3, 0.4) is 0 Å². The summed E-state index contributed by atoms with van der Waals surface area (Å²) in [6.07, 6.45) is 2.51. The first-order chi connectivity index (χ1) is 17.3. The molecule has 2 aromatic rings. The number of nitrogens with one attached hydrogen (secondary N) is 2. The van der Waals surface area contributed by atoms with Gasteiger partial charge < -0.3 is 20.5 Å². The molecule has 0 bridgehead atoms. The highest BCUT2D eigenvalue weighted by Crippen LogP contribution is 2.31. The summed E-state index contributed by atoms with van der Waals surface area (Å²) in [5.41, 5.74) is 0.394. The van der Waals surface area contributed by atoms with Gasteiger partial charge in [-0.3, -0.25) is 14.4 Å². The minimum absolute atomic E-state index is 0.0577. The molecule has 36 heavy (non-hydrogen) atoms. The fraction of sp³-hybridized carbons (Fsp3) is 0.464. The van der Waals surface area contributed by atoms with Gasteiger partial charge in [0.1, 0.15) is 11.4 Å². The zero-order valence-electron chi connectivity index (χ0n) is 20.7. The number of rotatable bonds is 12. The molecule has 2 unspecified atom stereocenters. The van der Waals surface area contributed by atoms with Crippen LogP contribution >= 0.6 is 0 Å². The number of aliphatic carboxylic acids is 1. The number of carbonyl (C=O) groups is 3. The topological polar surface area (TPSA) is 105 Å². The lowest BCUT2D eigenvalue weighted by molar-refractivity contribution is -0.146. The molecule has 3 N–H and O–H groups in total. The summed E-state index contributed by atoms with van der Waals surface area (Å²) in [5, 5.41) is 15.7. The van der Waals surface area contributed by atoms with Gasteiger partial charge in [-0.25, -0.2) is 4.39 Å². The maximum atomic E-state index is 13.4. The van der Waals surface area contributed by atoms with E-state index in [0.717, 1.165) is 24.0 Å². The van der Waals surface area contributed by atoms with Gasteiger partial charge in [0.05, 0.1) is 18.9 Å². The molecule has 0 aromatic heterocycles. The Bertz CT molecular complexity index is 1010. The Morgan fingerprint density at radius 1 is 1.19 bits per heavy atom. The number of benzene rings is 2. The second-order valence-electron chi connectivity index (χ2n) is 9.35. The van der Waals surface area contributed by atoms with Crippen LogP contribution in [-0.2, 0) is 19.1 Å². The molecule has 1 amide bonds. The number of esters is 1. The van der Waals surface area contributed by atoms with E-state index in [-0.39, 0.29) is 36.6 Å². The average Bonchev–Trinajstić information content (AvgIpc) is 3.02. The third-order valence-corrected chi connectivity index (χ3v) is 6.78. The maximum absolute atomic E-state index is 13.4. The maximum Gasteiger partial charge on any atom is 0.313 e. The van der Waals surface area contributed by atoms with Gasteiger partial charge >= 0.3 is 11.9 Å². The van der Waals surface area contributed by atoms with Crippen molar-refractivity contribution in [1.29, 1.82) is 0 Å². The van der Waals surface area contributed by atoms with Gasteiger partial charge in [-0.15, -0.1) is 0 Å². The molecule has 1 saturated heterocycles. The molecule has 1 heterocycles. The number of halogens is 1. The first-order valence-electron chi connectivity index (χ1n) is 12.6. The smallest absolute Gasteiger partial charge is 0.313 e. The molecule has 1 aliphatic heterocycles. The first kappa shape index (κ1) is 27.3. The average molecular weight is 499 g/mol. The quantitative estimate of drug-likeness (QED) is 0.300. The van der Waals surface area contributed by atoms with E-state index in [9.17, 15) is 23.9 Å². The Kier molecular flexibility index (Phi) is 9.99. The van der Waals surface area contributed by atoms with Gasteiger partial charge in [0, 0.05) is 12.5 Å². The molecule has 3 rings (SSSR count). The number of amides is 1. The number of carbonyl (C=O) groups excluding carboxylic acids is 2. The van der Waals surface area contributed by atoms with Crippen LogP contribution in [0.4, 0.5) is 4.39 Å². The minimum atomic E-state index is -1.31. The number of hydrogen-bond donors (Lipinski definition) is 3. The molecule has 0 radical (unpaired) electrons. The normalized spacial score (nSPS) is 20.7. The van der Waals surface area contributed by atoms with Crippen LogP contribution in [0.25, 0.3) is 0 Å². The summed E-state index contributed by atoms with van der Waals surface area (Å²) >= 11 is 0. The van der Waals surface area contributed by atoms with Crippen molar-refractivity contribution >= 4 is 17.8 Å². The molecule has 3 atom stereocenters. The number of hydrogen-bond acceptors (Lipinski definition) is 5. The van der Waals surface area contributed by atoms with Crippen molar-refractivity contribution in [3.63, 3.8) is 0 Å². The summed E-state index contributed by atoms with van der Waals surface area (Å²) < 4.78 is 18.8. The third-order valence-electron chi connectivity index (χ3n) is 6.78. The van der Waals surface area contributed by atoms with Crippen LogP contribution in [0.15, 0.2) is 54.6 Å². The van der Waals surface area contributed by atoms with E-state index in [2.05, 4.69) is 10.6 Å². The van der Waals surface area contributed by atoms with Crippen LogP contribution in [0.5, 0.6) is 0 Å². The number of carboxylic acids is 1. The minimum Gasteiger partial charge on any atom is -0.481 e. The Hall–Kier alpha value is -3.26. The summed E-state index contributed by atoms with van der Waals surface area (Å²) in [6.45, 7) is 2.96. The SMILES string of the molecule is CCCCOC(=O)[C@@H](CCNC1(CC(=O)O)CCC(c2ccc(F)cc2)CNC1=O)c1ccccc1. The van der Waals surface area contributed by atoms with Crippen LogP contribution < -0.4 is 10.6 Å². The zero-order chi connectivity index (χ0) is 26.0. The molecule has 0 saturated carbocycles. The lowest BCUT2D eigenvalue weighted by Gasteiger charge is -2.31. The fourth-order valence-corrected chi connectivity index (χ4v) is 4.68. The van der Waals surface area contributed by atoms with Crippen molar-refractivity contribution in [2.24, 2.45) is 0 Å². The van der Waals surface area contributed by atoms with Crippen molar-refractivity contribution in [3.05, 3.63) is 71.5 Å². The van der Waals surface area contributed by atoms with Crippen molar-refractivity contribution in [3.8, 4) is 0 Å². The van der Waals surface area contributed by atoms with E-state index < -0.39 is 17.4 Å². The van der Waals surface area contributed by atoms with Gasteiger partial charge in [-0.1, -0.05) is 55.8 Å². The molecule has 2 aromatic carbocycles. The van der Waals surface area contributed by atoms with Crippen molar-refractivity contribution in [2.45, 2.75) is 62.8 Å². The third kappa shape index (κ3) is 7.37. The highest BCUT2D eigenvalue weighted by molar-refractivity contribution is 5.91. The Morgan fingerprint density at radius 3 is 2.58 bits per heavy atom. The predicted octanol–water partition coefficient (Wildman–Crippen LogP) is 4.14. The van der Waals surface area contributed by atoms with E-state index in [1.54, 1.807) is 12.1 Å². The molecular formula is C28H35FN2O5. The van der Waals surface area contributed by atoms with Gasteiger partial charge in [0.25, 0.3) is 0 Å². The van der Waals surface area contributed by atoms with Gasteiger partial charge in [-0.2, -0.15) is 0 Å². The van der Waals surface area contributed by atoms with Gasteiger partial charge in [-0.05, 0) is 55.5 Å². The molecule has 0 aliphatic carbocycles. The predicted molar refractivity (Wildman–Crippen MR) is 134 cm³/mol. The van der Waals surface area contributed by atoms with Crippen molar-refractivity contribution in [2.75, 3.05) is 19.7 Å². The lowest BCUT2D eigenvalue weighted by Crippen LogP contribution is -2.57. The summed E-state index contributed by atoms with van der Waals surface area (Å²) in [7, 11) is 0.